The number of hydrogen-bond donors (Lipinski definition) is 0. The zero-order chi connectivity index (χ0) is 20.4. The number of aryl methyl sites for hydroxylation is 1. The molecule has 2 aromatic heterocycles. The molecule has 8 heteroatoms. The molecule has 2 fully saturated rings. The second kappa shape index (κ2) is 8.26. The van der Waals surface area contributed by atoms with Gasteiger partial charge in [-0.3, -0.25) is 4.98 Å². The average Bonchev–Trinajstić information content (AvgIpc) is 2.74. The predicted molar refractivity (Wildman–Crippen MR) is 114 cm³/mol. The Balaban J connectivity index is 1.28. The summed E-state index contributed by atoms with van der Waals surface area (Å²) in [4.78, 5) is 18.2. The number of aromatic nitrogens is 3. The smallest absolute Gasteiger partial charge is 0.177 e. The largest absolute Gasteiger partial charge is 0.357 e. The first kappa shape index (κ1) is 20.1. The van der Waals surface area contributed by atoms with Crippen LogP contribution >= 0.6 is 0 Å². The summed E-state index contributed by atoms with van der Waals surface area (Å²) in [5, 5.41) is 0. The van der Waals surface area contributed by atoms with Crippen LogP contribution in [0.25, 0.3) is 0 Å². The molecule has 0 amide bonds. The Labute approximate surface area is 173 Å². The van der Waals surface area contributed by atoms with Gasteiger partial charge in [0.05, 0.1) is 23.0 Å². The maximum atomic E-state index is 11.6. The minimum Gasteiger partial charge on any atom is -0.357 e. The van der Waals surface area contributed by atoms with Gasteiger partial charge in [-0.15, -0.1) is 0 Å². The number of pyridine rings is 1. The molecule has 0 spiro atoms. The van der Waals surface area contributed by atoms with Crippen LogP contribution in [-0.4, -0.2) is 55.8 Å². The summed E-state index contributed by atoms with van der Waals surface area (Å²) in [5.74, 6) is 3.40. The third kappa shape index (κ3) is 4.69. The van der Waals surface area contributed by atoms with Crippen molar-refractivity contribution in [2.75, 3.05) is 42.2 Å². The van der Waals surface area contributed by atoms with Crippen molar-refractivity contribution in [3.8, 4) is 0 Å². The quantitative estimate of drug-likeness (QED) is 0.759. The fourth-order valence-corrected chi connectivity index (χ4v) is 5.09. The normalized spacial score (nSPS) is 19.5. The van der Waals surface area contributed by atoms with Gasteiger partial charge in [-0.1, -0.05) is 0 Å². The van der Waals surface area contributed by atoms with Crippen LogP contribution in [0.15, 0.2) is 35.6 Å². The van der Waals surface area contributed by atoms with Gasteiger partial charge in [0.25, 0.3) is 0 Å². The average molecular weight is 416 g/mol. The van der Waals surface area contributed by atoms with Crippen LogP contribution < -0.4 is 9.80 Å². The topological polar surface area (TPSA) is 79.3 Å². The highest BCUT2D eigenvalue weighted by atomic mass is 32.2. The first-order valence-electron chi connectivity index (χ1n) is 10.3. The van der Waals surface area contributed by atoms with Gasteiger partial charge in [-0.2, -0.15) is 0 Å². The molecule has 0 aromatic carbocycles. The molecule has 2 saturated heterocycles. The standard InChI is InChI=1S/C21H29N5O2S/c1-16-13-23-21(15-22-16)26-11-7-18(8-12-26)17-5-9-25(10-6-17)20-4-3-19(14-24-20)29(2,27)28/h3-4,13-15,17-18H,5-12H2,1-2H3. The van der Waals surface area contributed by atoms with Crippen LogP contribution in [-0.2, 0) is 9.84 Å². The van der Waals surface area contributed by atoms with E-state index in [1.54, 1.807) is 6.07 Å². The van der Waals surface area contributed by atoms with E-state index in [0.29, 0.717) is 0 Å². The summed E-state index contributed by atoms with van der Waals surface area (Å²) in [5.41, 5.74) is 0.954. The molecule has 2 aromatic rings. The highest BCUT2D eigenvalue weighted by Crippen LogP contribution is 2.34. The number of nitrogens with zero attached hydrogens (tertiary/aromatic N) is 5. The van der Waals surface area contributed by atoms with Gasteiger partial charge in [0.1, 0.15) is 11.6 Å². The molecule has 0 bridgehead atoms. The molecule has 2 aliphatic rings. The van der Waals surface area contributed by atoms with Crippen molar-refractivity contribution < 1.29 is 8.42 Å². The van der Waals surface area contributed by atoms with Crippen LogP contribution in [0.2, 0.25) is 0 Å². The minimum absolute atomic E-state index is 0.279. The predicted octanol–water partition coefficient (Wildman–Crippen LogP) is 2.72. The molecular formula is C21H29N5O2S. The van der Waals surface area contributed by atoms with Gasteiger partial charge in [0.15, 0.2) is 9.84 Å². The Hall–Kier alpha value is -2.22. The summed E-state index contributed by atoms with van der Waals surface area (Å²) >= 11 is 0. The van der Waals surface area contributed by atoms with Gasteiger partial charge in [0.2, 0.25) is 0 Å². The van der Waals surface area contributed by atoms with E-state index in [1.807, 2.05) is 25.4 Å². The lowest BCUT2D eigenvalue weighted by molar-refractivity contribution is 0.232. The van der Waals surface area contributed by atoms with Crippen LogP contribution in [0.1, 0.15) is 31.4 Å². The van der Waals surface area contributed by atoms with Gasteiger partial charge in [-0.05, 0) is 56.6 Å². The summed E-state index contributed by atoms with van der Waals surface area (Å²) in [6.07, 6.45) is 11.2. The SMILES string of the molecule is Cc1cnc(N2CCC(C3CCN(c4ccc(S(C)(=O)=O)cn4)CC3)CC2)cn1. The molecule has 4 rings (SSSR count). The van der Waals surface area contributed by atoms with Crippen molar-refractivity contribution in [2.24, 2.45) is 11.8 Å². The maximum absolute atomic E-state index is 11.6. The van der Waals surface area contributed by atoms with Gasteiger partial charge < -0.3 is 9.80 Å². The highest BCUT2D eigenvalue weighted by Gasteiger charge is 2.30. The molecule has 0 unspecified atom stereocenters. The van der Waals surface area contributed by atoms with Crippen LogP contribution in [0.5, 0.6) is 0 Å². The highest BCUT2D eigenvalue weighted by molar-refractivity contribution is 7.90. The van der Waals surface area contributed by atoms with Crippen LogP contribution in [0, 0.1) is 18.8 Å². The first-order valence-corrected chi connectivity index (χ1v) is 12.2. The number of anilines is 2. The minimum atomic E-state index is -3.19. The van der Waals surface area contributed by atoms with E-state index in [1.165, 1.54) is 38.1 Å². The first-order chi connectivity index (χ1) is 13.9. The Morgan fingerprint density at radius 2 is 1.34 bits per heavy atom. The van der Waals surface area contributed by atoms with Crippen molar-refractivity contribution in [1.29, 1.82) is 0 Å². The number of rotatable bonds is 4. The second-order valence-electron chi connectivity index (χ2n) is 8.29. The van der Waals surface area contributed by atoms with E-state index in [2.05, 4.69) is 24.8 Å². The van der Waals surface area contributed by atoms with Crippen molar-refractivity contribution in [3.05, 3.63) is 36.4 Å². The molecule has 0 radical (unpaired) electrons. The van der Waals surface area contributed by atoms with Gasteiger partial charge in [0, 0.05) is 38.6 Å². The van der Waals surface area contributed by atoms with Crippen molar-refractivity contribution >= 4 is 21.5 Å². The van der Waals surface area contributed by atoms with Crippen LogP contribution in [0.4, 0.5) is 11.6 Å². The lowest BCUT2D eigenvalue weighted by atomic mass is 9.79. The van der Waals surface area contributed by atoms with E-state index in [-0.39, 0.29) is 4.90 Å². The van der Waals surface area contributed by atoms with Crippen molar-refractivity contribution in [3.63, 3.8) is 0 Å². The van der Waals surface area contributed by atoms with E-state index in [4.69, 9.17) is 0 Å². The summed E-state index contributed by atoms with van der Waals surface area (Å²) in [7, 11) is -3.19. The molecule has 2 aliphatic heterocycles. The molecule has 7 nitrogen and oxygen atoms in total. The number of hydrogen-bond acceptors (Lipinski definition) is 7. The van der Waals surface area contributed by atoms with E-state index in [0.717, 1.165) is 55.3 Å². The fraction of sp³-hybridized carbons (Fsp3) is 0.571. The van der Waals surface area contributed by atoms with Gasteiger partial charge in [-0.25, -0.2) is 18.4 Å². The third-order valence-electron chi connectivity index (χ3n) is 6.31. The molecular weight excluding hydrogens is 386 g/mol. The molecule has 156 valence electrons. The third-order valence-corrected chi connectivity index (χ3v) is 7.41. The Bertz CT molecular complexity index is 915. The monoisotopic (exact) mass is 415 g/mol. The Morgan fingerprint density at radius 3 is 1.79 bits per heavy atom. The number of sulfone groups is 1. The zero-order valence-corrected chi connectivity index (χ0v) is 18.0. The van der Waals surface area contributed by atoms with E-state index >= 15 is 0 Å². The van der Waals surface area contributed by atoms with E-state index in [9.17, 15) is 8.42 Å². The molecule has 0 saturated carbocycles. The maximum Gasteiger partial charge on any atom is 0.177 e. The fourth-order valence-electron chi connectivity index (χ4n) is 4.53. The second-order valence-corrected chi connectivity index (χ2v) is 10.3. The van der Waals surface area contributed by atoms with Crippen molar-refractivity contribution in [1.82, 2.24) is 15.0 Å². The Morgan fingerprint density at radius 1 is 0.793 bits per heavy atom. The summed E-state index contributed by atoms with van der Waals surface area (Å²) in [6, 6.07) is 3.49. The Kier molecular flexibility index (Phi) is 5.72. The lowest BCUT2D eigenvalue weighted by Crippen LogP contribution is -2.41. The summed E-state index contributed by atoms with van der Waals surface area (Å²) in [6.45, 7) is 6.04. The molecule has 4 heterocycles. The van der Waals surface area contributed by atoms with Gasteiger partial charge >= 0.3 is 0 Å². The zero-order valence-electron chi connectivity index (χ0n) is 17.2. The summed E-state index contributed by atoms with van der Waals surface area (Å²) < 4.78 is 23.2. The molecule has 0 N–H and O–H groups in total. The van der Waals surface area contributed by atoms with E-state index < -0.39 is 9.84 Å². The number of piperidine rings is 2. The molecule has 0 aliphatic carbocycles. The van der Waals surface area contributed by atoms with Crippen molar-refractivity contribution in [2.45, 2.75) is 37.5 Å². The molecule has 0 atom stereocenters. The lowest BCUT2D eigenvalue weighted by Gasteiger charge is -2.40. The molecule has 29 heavy (non-hydrogen) atoms. The van der Waals surface area contributed by atoms with Crippen LogP contribution in [0.3, 0.4) is 0 Å².